The third-order valence-corrected chi connectivity index (χ3v) is 7.12. The number of carbonyl (C=O) groups is 1. The standard InChI is InChI=1S/C26H34N6O4/c1-15-10-20(11-16(2)35-15)36-19-6-4-18(5-7-19)31-26(33)21-13-22(17-8-9-28-23(12-17)34-3)32-24(21)25(27)29-14-30-32/h8-9,12-16,18-20H,4-7,10-11H2,1-3H3,(H,31,33)(H2,27,29,30)/t15-,16-,18?,19?/m0/s1. The molecule has 0 aromatic carbocycles. The van der Waals surface area contributed by atoms with Crippen molar-refractivity contribution in [3.8, 4) is 17.1 Å². The number of methoxy groups -OCH3 is 1. The Labute approximate surface area is 210 Å². The molecule has 1 saturated heterocycles. The molecular formula is C26H34N6O4. The average Bonchev–Trinajstić information content (AvgIpc) is 3.26. The van der Waals surface area contributed by atoms with Crippen molar-refractivity contribution in [2.24, 2.45) is 0 Å². The van der Waals surface area contributed by atoms with Crippen LogP contribution < -0.4 is 15.8 Å². The van der Waals surface area contributed by atoms with Crippen LogP contribution in [0.2, 0.25) is 0 Å². The van der Waals surface area contributed by atoms with E-state index in [1.807, 2.05) is 6.07 Å². The molecule has 10 heteroatoms. The maximum atomic E-state index is 13.4. The predicted molar refractivity (Wildman–Crippen MR) is 135 cm³/mol. The summed E-state index contributed by atoms with van der Waals surface area (Å²) in [5, 5.41) is 7.56. The van der Waals surface area contributed by atoms with E-state index in [2.05, 4.69) is 34.2 Å². The van der Waals surface area contributed by atoms with E-state index in [-0.39, 0.29) is 42.2 Å². The van der Waals surface area contributed by atoms with Gasteiger partial charge in [0.25, 0.3) is 5.91 Å². The number of nitrogen functional groups attached to an aromatic ring is 1. The summed E-state index contributed by atoms with van der Waals surface area (Å²) in [6.07, 6.45) is 9.47. The molecule has 4 heterocycles. The summed E-state index contributed by atoms with van der Waals surface area (Å²) >= 11 is 0. The molecule has 0 bridgehead atoms. The molecule has 192 valence electrons. The van der Waals surface area contributed by atoms with Crippen molar-refractivity contribution < 1.29 is 19.0 Å². The number of nitrogens with one attached hydrogen (secondary N) is 1. The van der Waals surface area contributed by atoms with Gasteiger partial charge in [-0.3, -0.25) is 4.79 Å². The van der Waals surface area contributed by atoms with Gasteiger partial charge in [-0.1, -0.05) is 0 Å². The SMILES string of the molecule is COc1cc(-c2cc(C(=O)NC3CCC(OC4C[C@H](C)O[C@@H](C)C4)CC3)c3c(N)ncnn23)ccn1. The normalized spacial score (nSPS) is 26.6. The van der Waals surface area contributed by atoms with Gasteiger partial charge in [0, 0.05) is 23.9 Å². The summed E-state index contributed by atoms with van der Waals surface area (Å²) in [7, 11) is 1.56. The van der Waals surface area contributed by atoms with Gasteiger partial charge in [-0.15, -0.1) is 0 Å². The zero-order valence-electron chi connectivity index (χ0n) is 21.0. The van der Waals surface area contributed by atoms with Gasteiger partial charge in [0.15, 0.2) is 5.82 Å². The van der Waals surface area contributed by atoms with Gasteiger partial charge in [-0.2, -0.15) is 5.10 Å². The Hall–Kier alpha value is -3.24. The van der Waals surface area contributed by atoms with Crippen LogP contribution in [0.4, 0.5) is 5.82 Å². The highest BCUT2D eigenvalue weighted by Gasteiger charge is 2.30. The first-order valence-corrected chi connectivity index (χ1v) is 12.7. The molecule has 2 fully saturated rings. The number of nitrogens with two attached hydrogens (primary N) is 1. The van der Waals surface area contributed by atoms with Crippen molar-refractivity contribution in [1.82, 2.24) is 24.9 Å². The van der Waals surface area contributed by atoms with E-state index in [1.54, 1.807) is 30.0 Å². The first kappa shape index (κ1) is 24.5. The lowest BCUT2D eigenvalue weighted by atomic mass is 9.92. The van der Waals surface area contributed by atoms with Gasteiger partial charge in [0.1, 0.15) is 11.8 Å². The second-order valence-electron chi connectivity index (χ2n) is 9.87. The number of nitrogens with zero attached hydrogens (tertiary/aromatic N) is 4. The van der Waals surface area contributed by atoms with Gasteiger partial charge < -0.3 is 25.3 Å². The molecule has 0 unspecified atom stereocenters. The number of fused-ring (bicyclic) bond motifs is 1. The Kier molecular flexibility index (Phi) is 7.06. The van der Waals surface area contributed by atoms with Crippen LogP contribution in [0.3, 0.4) is 0 Å². The highest BCUT2D eigenvalue weighted by Crippen LogP contribution is 2.31. The summed E-state index contributed by atoms with van der Waals surface area (Å²) in [5.41, 5.74) is 8.64. The lowest BCUT2D eigenvalue weighted by molar-refractivity contribution is -0.127. The zero-order valence-corrected chi connectivity index (χ0v) is 21.0. The number of hydrogen-bond acceptors (Lipinski definition) is 8. The van der Waals surface area contributed by atoms with E-state index in [0.717, 1.165) is 44.1 Å². The molecule has 1 aliphatic carbocycles. The van der Waals surface area contributed by atoms with E-state index in [4.69, 9.17) is 19.9 Å². The molecule has 1 aliphatic heterocycles. The minimum absolute atomic E-state index is 0.0789. The zero-order chi connectivity index (χ0) is 25.2. The van der Waals surface area contributed by atoms with Crippen LogP contribution in [0.5, 0.6) is 5.88 Å². The van der Waals surface area contributed by atoms with E-state index >= 15 is 0 Å². The van der Waals surface area contributed by atoms with Crippen LogP contribution >= 0.6 is 0 Å². The van der Waals surface area contributed by atoms with Crippen LogP contribution in [0.25, 0.3) is 16.8 Å². The Morgan fingerprint density at radius 1 is 1.11 bits per heavy atom. The van der Waals surface area contributed by atoms with Crippen LogP contribution in [0.1, 0.15) is 62.7 Å². The maximum Gasteiger partial charge on any atom is 0.253 e. The molecule has 2 aliphatic rings. The van der Waals surface area contributed by atoms with E-state index < -0.39 is 0 Å². The van der Waals surface area contributed by atoms with Crippen LogP contribution in [-0.2, 0) is 9.47 Å². The predicted octanol–water partition coefficient (Wildman–Crippen LogP) is 3.40. The summed E-state index contributed by atoms with van der Waals surface area (Å²) < 4.78 is 19.1. The molecule has 36 heavy (non-hydrogen) atoms. The molecule has 1 amide bonds. The second kappa shape index (κ2) is 10.4. The van der Waals surface area contributed by atoms with Gasteiger partial charge in [-0.05, 0) is 64.5 Å². The fraction of sp³-hybridized carbons (Fsp3) is 0.538. The second-order valence-corrected chi connectivity index (χ2v) is 9.87. The molecule has 10 nitrogen and oxygen atoms in total. The van der Waals surface area contributed by atoms with Crippen molar-refractivity contribution in [3.05, 3.63) is 36.3 Å². The fourth-order valence-electron chi connectivity index (χ4n) is 5.46. The van der Waals surface area contributed by atoms with Crippen molar-refractivity contribution in [2.45, 2.75) is 82.8 Å². The molecule has 3 N–H and O–H groups in total. The summed E-state index contributed by atoms with van der Waals surface area (Å²) in [6, 6.07) is 5.51. The third kappa shape index (κ3) is 5.15. The topological polar surface area (TPSA) is 126 Å². The molecule has 0 radical (unpaired) electrons. The maximum absolute atomic E-state index is 13.4. The number of anilines is 1. The number of carbonyl (C=O) groups excluding carboxylic acids is 1. The number of ether oxygens (including phenoxy) is 3. The van der Waals surface area contributed by atoms with Crippen molar-refractivity contribution >= 4 is 17.2 Å². The van der Waals surface area contributed by atoms with Crippen molar-refractivity contribution in [1.29, 1.82) is 0 Å². The molecular weight excluding hydrogens is 460 g/mol. The summed E-state index contributed by atoms with van der Waals surface area (Å²) in [6.45, 7) is 4.22. The number of rotatable bonds is 6. The van der Waals surface area contributed by atoms with E-state index in [9.17, 15) is 4.79 Å². The number of pyridine rings is 1. The van der Waals surface area contributed by atoms with Gasteiger partial charge in [-0.25, -0.2) is 14.5 Å². The lowest BCUT2D eigenvalue weighted by Crippen LogP contribution is -2.41. The molecule has 0 spiro atoms. The Morgan fingerprint density at radius 2 is 1.86 bits per heavy atom. The number of hydrogen-bond donors (Lipinski definition) is 2. The Balaban J connectivity index is 1.28. The highest BCUT2D eigenvalue weighted by atomic mass is 16.5. The van der Waals surface area contributed by atoms with Crippen LogP contribution in [0.15, 0.2) is 30.7 Å². The highest BCUT2D eigenvalue weighted by molar-refractivity contribution is 6.05. The van der Waals surface area contributed by atoms with Crippen LogP contribution in [0, 0.1) is 0 Å². The lowest BCUT2D eigenvalue weighted by Gasteiger charge is -2.36. The van der Waals surface area contributed by atoms with Gasteiger partial charge in [0.05, 0.1) is 42.8 Å². The van der Waals surface area contributed by atoms with Gasteiger partial charge >= 0.3 is 0 Å². The molecule has 3 aromatic heterocycles. The van der Waals surface area contributed by atoms with E-state index in [1.165, 1.54) is 6.33 Å². The van der Waals surface area contributed by atoms with Crippen molar-refractivity contribution in [2.75, 3.05) is 12.8 Å². The number of amides is 1. The smallest absolute Gasteiger partial charge is 0.253 e. The average molecular weight is 495 g/mol. The molecule has 1 saturated carbocycles. The third-order valence-electron chi connectivity index (χ3n) is 7.12. The monoisotopic (exact) mass is 494 g/mol. The Morgan fingerprint density at radius 3 is 2.58 bits per heavy atom. The first-order valence-electron chi connectivity index (χ1n) is 12.7. The fourth-order valence-corrected chi connectivity index (χ4v) is 5.46. The van der Waals surface area contributed by atoms with Gasteiger partial charge in [0.2, 0.25) is 5.88 Å². The molecule has 2 atom stereocenters. The summed E-state index contributed by atoms with van der Waals surface area (Å²) in [4.78, 5) is 21.7. The van der Waals surface area contributed by atoms with Crippen molar-refractivity contribution in [3.63, 3.8) is 0 Å². The number of aromatic nitrogens is 4. The quantitative estimate of drug-likeness (QED) is 0.534. The largest absolute Gasteiger partial charge is 0.481 e. The van der Waals surface area contributed by atoms with Crippen LogP contribution in [-0.4, -0.2) is 63.1 Å². The van der Waals surface area contributed by atoms with E-state index in [0.29, 0.717) is 22.7 Å². The summed E-state index contributed by atoms with van der Waals surface area (Å²) in [5.74, 6) is 0.538. The first-order chi connectivity index (χ1) is 17.4. The molecule has 3 aromatic rings. The Bertz CT molecular complexity index is 1210. The minimum atomic E-state index is -0.183. The minimum Gasteiger partial charge on any atom is -0.481 e. The molecule has 5 rings (SSSR count).